The Kier molecular flexibility index (Phi) is 4.03. The second-order valence-electron chi connectivity index (χ2n) is 6.82. The number of thiophene rings is 1. The number of likely N-dealkylation sites (tertiary alicyclic amines) is 1. The summed E-state index contributed by atoms with van der Waals surface area (Å²) in [4.78, 5) is 13.1. The Bertz CT molecular complexity index is 645. The van der Waals surface area contributed by atoms with Crippen molar-refractivity contribution in [2.45, 2.75) is 25.8 Å². The molecule has 0 aromatic carbocycles. The van der Waals surface area contributed by atoms with Gasteiger partial charge in [0.2, 0.25) is 5.95 Å². The van der Waals surface area contributed by atoms with Crippen molar-refractivity contribution in [3.63, 3.8) is 0 Å². The Hall–Kier alpha value is -1.53. The Morgan fingerprint density at radius 3 is 2.83 bits per heavy atom. The molecule has 0 bridgehead atoms. The van der Waals surface area contributed by atoms with Gasteiger partial charge in [0.1, 0.15) is 0 Å². The van der Waals surface area contributed by atoms with Crippen LogP contribution < -0.4 is 4.90 Å². The van der Waals surface area contributed by atoms with Gasteiger partial charge in [-0.2, -0.15) is 11.3 Å². The van der Waals surface area contributed by atoms with E-state index in [-0.39, 0.29) is 5.82 Å². The smallest absolute Gasteiger partial charge is 0.225 e. The number of anilines is 1. The van der Waals surface area contributed by atoms with Gasteiger partial charge in [0.05, 0.1) is 12.4 Å². The summed E-state index contributed by atoms with van der Waals surface area (Å²) >= 11 is 1.77. The first kappa shape index (κ1) is 15.0. The number of rotatable bonds is 3. The number of piperidine rings is 1. The van der Waals surface area contributed by atoms with Gasteiger partial charge in [0.25, 0.3) is 0 Å². The summed E-state index contributed by atoms with van der Waals surface area (Å²) in [6, 6.07) is 2.22. The second-order valence-corrected chi connectivity index (χ2v) is 7.60. The first-order valence-corrected chi connectivity index (χ1v) is 9.13. The van der Waals surface area contributed by atoms with Gasteiger partial charge in [0, 0.05) is 31.6 Å². The van der Waals surface area contributed by atoms with Crippen LogP contribution in [-0.2, 0) is 6.54 Å². The molecule has 0 aliphatic carbocycles. The molecule has 0 unspecified atom stereocenters. The Morgan fingerprint density at radius 1 is 1.17 bits per heavy atom. The van der Waals surface area contributed by atoms with E-state index in [1.165, 1.54) is 30.8 Å². The fourth-order valence-corrected chi connectivity index (χ4v) is 4.64. The van der Waals surface area contributed by atoms with E-state index in [0.29, 0.717) is 11.4 Å². The van der Waals surface area contributed by atoms with Gasteiger partial charge in [-0.1, -0.05) is 0 Å². The molecule has 0 radical (unpaired) electrons. The van der Waals surface area contributed by atoms with Crippen molar-refractivity contribution in [3.8, 4) is 0 Å². The highest BCUT2D eigenvalue weighted by molar-refractivity contribution is 7.07. The fourth-order valence-electron chi connectivity index (χ4n) is 3.98. The first-order chi connectivity index (χ1) is 11.2. The summed E-state index contributed by atoms with van der Waals surface area (Å²) < 4.78 is 13.0. The highest BCUT2D eigenvalue weighted by atomic mass is 32.1. The molecule has 23 heavy (non-hydrogen) atoms. The van der Waals surface area contributed by atoms with Crippen LogP contribution in [0.15, 0.2) is 29.2 Å². The maximum Gasteiger partial charge on any atom is 0.225 e. The van der Waals surface area contributed by atoms with E-state index in [4.69, 9.17) is 0 Å². The molecule has 4 rings (SSSR count). The molecule has 2 saturated heterocycles. The zero-order valence-corrected chi connectivity index (χ0v) is 13.9. The normalized spacial score (nSPS) is 25.3. The highest BCUT2D eigenvalue weighted by Gasteiger charge is 2.41. The lowest BCUT2D eigenvalue weighted by atomic mass is 9.79. The number of halogens is 1. The predicted molar refractivity (Wildman–Crippen MR) is 90.1 cm³/mol. The summed E-state index contributed by atoms with van der Waals surface area (Å²) in [5.41, 5.74) is 1.76. The minimum atomic E-state index is -0.372. The second kappa shape index (κ2) is 6.17. The van der Waals surface area contributed by atoms with E-state index in [2.05, 4.69) is 36.6 Å². The van der Waals surface area contributed by atoms with Crippen LogP contribution in [0.5, 0.6) is 0 Å². The van der Waals surface area contributed by atoms with Gasteiger partial charge in [-0.25, -0.2) is 14.4 Å². The van der Waals surface area contributed by atoms with Gasteiger partial charge in [-0.15, -0.1) is 0 Å². The maximum atomic E-state index is 13.0. The van der Waals surface area contributed by atoms with Crippen LogP contribution in [0.1, 0.15) is 24.8 Å². The lowest BCUT2D eigenvalue weighted by Gasteiger charge is -2.40. The number of nitrogens with zero attached hydrogens (tertiary/aromatic N) is 4. The standard InChI is InChI=1S/C17H21FN4S/c18-15-8-19-16(20-9-15)22-5-1-3-17(13-22)4-6-21(12-17)10-14-2-7-23-11-14/h2,7-9,11H,1,3-6,10,12-13H2/t17-/m1/s1. The lowest BCUT2D eigenvalue weighted by molar-refractivity contribution is 0.215. The molecule has 2 aromatic rings. The van der Waals surface area contributed by atoms with Gasteiger partial charge >= 0.3 is 0 Å². The molecule has 4 heterocycles. The third-order valence-electron chi connectivity index (χ3n) is 5.05. The maximum absolute atomic E-state index is 13.0. The van der Waals surface area contributed by atoms with Crippen molar-refractivity contribution in [2.75, 3.05) is 31.1 Å². The molecule has 0 amide bonds. The van der Waals surface area contributed by atoms with Gasteiger partial charge < -0.3 is 4.90 Å². The van der Waals surface area contributed by atoms with Crippen LogP contribution in [0.2, 0.25) is 0 Å². The van der Waals surface area contributed by atoms with Gasteiger partial charge in [-0.05, 0) is 48.2 Å². The largest absolute Gasteiger partial charge is 0.340 e. The topological polar surface area (TPSA) is 32.3 Å². The molecule has 122 valence electrons. The van der Waals surface area contributed by atoms with E-state index in [1.54, 1.807) is 11.3 Å². The van der Waals surface area contributed by atoms with Crippen LogP contribution in [0, 0.1) is 11.2 Å². The number of hydrogen-bond acceptors (Lipinski definition) is 5. The summed E-state index contributed by atoms with van der Waals surface area (Å²) in [5, 5.41) is 4.39. The average molecular weight is 332 g/mol. The van der Waals surface area contributed by atoms with Crippen LogP contribution >= 0.6 is 11.3 Å². The molecular formula is C17H21FN4S. The zero-order valence-electron chi connectivity index (χ0n) is 13.1. The quantitative estimate of drug-likeness (QED) is 0.864. The Balaban J connectivity index is 1.43. The van der Waals surface area contributed by atoms with Crippen LogP contribution in [0.4, 0.5) is 10.3 Å². The van der Waals surface area contributed by atoms with Crippen molar-refractivity contribution in [1.82, 2.24) is 14.9 Å². The zero-order chi connectivity index (χ0) is 15.7. The molecule has 0 N–H and O–H groups in total. The predicted octanol–water partition coefficient (Wildman–Crippen LogP) is 3.17. The molecule has 0 saturated carbocycles. The minimum Gasteiger partial charge on any atom is -0.340 e. The molecule has 2 aromatic heterocycles. The summed E-state index contributed by atoms with van der Waals surface area (Å²) in [6.45, 7) is 5.31. The molecule has 1 atom stereocenters. The fraction of sp³-hybridized carbons (Fsp3) is 0.529. The lowest BCUT2D eigenvalue weighted by Crippen LogP contribution is -2.45. The summed E-state index contributed by atoms with van der Waals surface area (Å²) in [7, 11) is 0. The van der Waals surface area contributed by atoms with E-state index in [1.807, 2.05) is 0 Å². The number of hydrogen-bond donors (Lipinski definition) is 0. The SMILES string of the molecule is Fc1cnc(N2CCC[C@]3(CCN(Cc4ccsc4)C3)C2)nc1. The summed E-state index contributed by atoms with van der Waals surface area (Å²) in [6.07, 6.45) is 6.19. The van der Waals surface area contributed by atoms with Crippen molar-refractivity contribution in [2.24, 2.45) is 5.41 Å². The van der Waals surface area contributed by atoms with E-state index in [0.717, 1.165) is 39.1 Å². The highest BCUT2D eigenvalue weighted by Crippen LogP contribution is 2.40. The Labute approximate surface area is 140 Å². The van der Waals surface area contributed by atoms with Crippen LogP contribution in [0.25, 0.3) is 0 Å². The monoisotopic (exact) mass is 332 g/mol. The van der Waals surface area contributed by atoms with Crippen molar-refractivity contribution >= 4 is 17.3 Å². The van der Waals surface area contributed by atoms with E-state index in [9.17, 15) is 4.39 Å². The molecule has 2 fully saturated rings. The van der Waals surface area contributed by atoms with Crippen molar-refractivity contribution in [3.05, 3.63) is 40.6 Å². The summed E-state index contributed by atoms with van der Waals surface area (Å²) in [5.74, 6) is 0.296. The van der Waals surface area contributed by atoms with Crippen LogP contribution in [0.3, 0.4) is 0 Å². The average Bonchev–Trinajstić information content (AvgIpc) is 3.19. The van der Waals surface area contributed by atoms with Crippen molar-refractivity contribution in [1.29, 1.82) is 0 Å². The molecule has 2 aliphatic heterocycles. The first-order valence-electron chi connectivity index (χ1n) is 8.18. The third kappa shape index (κ3) is 3.23. The van der Waals surface area contributed by atoms with E-state index >= 15 is 0 Å². The Morgan fingerprint density at radius 2 is 2.04 bits per heavy atom. The third-order valence-corrected chi connectivity index (χ3v) is 5.79. The molecule has 4 nitrogen and oxygen atoms in total. The molecule has 1 spiro atoms. The minimum absolute atomic E-state index is 0.339. The van der Waals surface area contributed by atoms with Crippen LogP contribution in [-0.4, -0.2) is 41.0 Å². The van der Waals surface area contributed by atoms with E-state index < -0.39 is 0 Å². The molecular weight excluding hydrogens is 311 g/mol. The molecule has 6 heteroatoms. The van der Waals surface area contributed by atoms with Crippen molar-refractivity contribution < 1.29 is 4.39 Å². The van der Waals surface area contributed by atoms with Gasteiger partial charge in [0.15, 0.2) is 5.82 Å². The number of aromatic nitrogens is 2. The molecule has 2 aliphatic rings. The van der Waals surface area contributed by atoms with Gasteiger partial charge in [-0.3, -0.25) is 4.90 Å².